The largest absolute Gasteiger partial charge is 0.360 e. The molecule has 2 aromatic carbocycles. The van der Waals surface area contributed by atoms with Crippen LogP contribution in [-0.2, 0) is 0 Å². The van der Waals surface area contributed by atoms with Crippen molar-refractivity contribution >= 4 is 44.2 Å². The quantitative estimate of drug-likeness (QED) is 0.670. The van der Waals surface area contributed by atoms with Gasteiger partial charge in [0.25, 0.3) is 0 Å². The predicted molar refractivity (Wildman–Crippen MR) is 80.9 cm³/mol. The SMILES string of the molecule is O=C(c1ccc(Cl)cc1Br)c1c[nH]c2ccccc12. The van der Waals surface area contributed by atoms with Gasteiger partial charge >= 0.3 is 0 Å². The third-order valence-corrected chi connectivity index (χ3v) is 3.90. The van der Waals surface area contributed by atoms with E-state index in [1.165, 1.54) is 0 Å². The van der Waals surface area contributed by atoms with Crippen LogP contribution < -0.4 is 0 Å². The molecule has 4 heteroatoms. The second-order valence-corrected chi connectivity index (χ2v) is 5.49. The average molecular weight is 335 g/mol. The minimum Gasteiger partial charge on any atom is -0.360 e. The van der Waals surface area contributed by atoms with Crippen molar-refractivity contribution in [3.05, 3.63) is 69.3 Å². The van der Waals surface area contributed by atoms with Crippen LogP contribution >= 0.6 is 27.5 Å². The van der Waals surface area contributed by atoms with Gasteiger partial charge in [0.05, 0.1) is 0 Å². The van der Waals surface area contributed by atoms with Crippen molar-refractivity contribution in [1.29, 1.82) is 0 Å². The monoisotopic (exact) mass is 333 g/mol. The van der Waals surface area contributed by atoms with Crippen LogP contribution in [0.3, 0.4) is 0 Å². The van der Waals surface area contributed by atoms with Gasteiger partial charge in [-0.1, -0.05) is 29.8 Å². The number of carbonyl (C=O) groups is 1. The molecule has 0 amide bonds. The molecule has 19 heavy (non-hydrogen) atoms. The molecule has 3 rings (SSSR count). The van der Waals surface area contributed by atoms with Crippen molar-refractivity contribution in [2.24, 2.45) is 0 Å². The lowest BCUT2D eigenvalue weighted by Crippen LogP contribution is -2.01. The number of carbonyl (C=O) groups excluding carboxylic acids is 1. The molecular formula is C15H9BrClNO. The van der Waals surface area contributed by atoms with Gasteiger partial charge < -0.3 is 4.98 Å². The fourth-order valence-corrected chi connectivity index (χ4v) is 2.94. The van der Waals surface area contributed by atoms with E-state index in [1.807, 2.05) is 24.3 Å². The Bertz CT molecular complexity index is 779. The summed E-state index contributed by atoms with van der Waals surface area (Å²) in [5.41, 5.74) is 2.23. The third kappa shape index (κ3) is 2.20. The van der Waals surface area contributed by atoms with Crippen LogP contribution in [0.15, 0.2) is 53.1 Å². The van der Waals surface area contributed by atoms with Gasteiger partial charge in [0.15, 0.2) is 5.78 Å². The summed E-state index contributed by atoms with van der Waals surface area (Å²) in [6.45, 7) is 0. The summed E-state index contributed by atoms with van der Waals surface area (Å²) >= 11 is 9.28. The van der Waals surface area contributed by atoms with Gasteiger partial charge in [0, 0.05) is 37.7 Å². The summed E-state index contributed by atoms with van der Waals surface area (Å²) in [5.74, 6) is -0.0269. The number of H-pyrrole nitrogens is 1. The highest BCUT2D eigenvalue weighted by Crippen LogP contribution is 2.26. The Hall–Kier alpha value is -1.58. The zero-order chi connectivity index (χ0) is 13.4. The minimum atomic E-state index is -0.0269. The van der Waals surface area contributed by atoms with E-state index >= 15 is 0 Å². The normalized spacial score (nSPS) is 10.8. The van der Waals surface area contributed by atoms with E-state index in [0.717, 1.165) is 10.9 Å². The average Bonchev–Trinajstić information content (AvgIpc) is 2.82. The van der Waals surface area contributed by atoms with Crippen LogP contribution in [0.5, 0.6) is 0 Å². The molecule has 3 aromatic rings. The van der Waals surface area contributed by atoms with Gasteiger partial charge in [0.2, 0.25) is 0 Å². The lowest BCUT2D eigenvalue weighted by Gasteiger charge is -2.03. The summed E-state index contributed by atoms with van der Waals surface area (Å²) in [5, 5.41) is 1.52. The van der Waals surface area contributed by atoms with Crippen molar-refractivity contribution in [2.45, 2.75) is 0 Å². The van der Waals surface area contributed by atoms with E-state index in [9.17, 15) is 4.79 Å². The molecule has 0 saturated carbocycles. The first-order chi connectivity index (χ1) is 9.16. The number of aromatic nitrogens is 1. The Labute approximate surface area is 123 Å². The van der Waals surface area contributed by atoms with Crippen molar-refractivity contribution in [3.8, 4) is 0 Å². The summed E-state index contributed by atoms with van der Waals surface area (Å²) in [6, 6.07) is 12.9. The molecular weight excluding hydrogens is 326 g/mol. The molecule has 0 spiro atoms. The maximum Gasteiger partial charge on any atom is 0.196 e. The highest BCUT2D eigenvalue weighted by atomic mass is 79.9. The number of nitrogens with one attached hydrogen (secondary N) is 1. The van der Waals surface area contributed by atoms with Crippen molar-refractivity contribution in [1.82, 2.24) is 4.98 Å². The van der Waals surface area contributed by atoms with Crippen LogP contribution in [0, 0.1) is 0 Å². The first-order valence-corrected chi connectivity index (χ1v) is 6.90. The van der Waals surface area contributed by atoms with Gasteiger partial charge in [0.1, 0.15) is 0 Å². The van der Waals surface area contributed by atoms with Crippen molar-refractivity contribution in [3.63, 3.8) is 0 Å². The summed E-state index contributed by atoms with van der Waals surface area (Å²) in [6.07, 6.45) is 1.74. The number of hydrogen-bond donors (Lipinski definition) is 1. The summed E-state index contributed by atoms with van der Waals surface area (Å²) < 4.78 is 0.704. The minimum absolute atomic E-state index is 0.0269. The number of benzene rings is 2. The molecule has 1 N–H and O–H groups in total. The zero-order valence-electron chi connectivity index (χ0n) is 9.78. The number of aromatic amines is 1. The van der Waals surface area contributed by atoms with Crippen LogP contribution in [0.2, 0.25) is 5.02 Å². The topological polar surface area (TPSA) is 32.9 Å². The molecule has 0 radical (unpaired) electrons. The van der Waals surface area contributed by atoms with E-state index < -0.39 is 0 Å². The van der Waals surface area contributed by atoms with Crippen LogP contribution in [-0.4, -0.2) is 10.8 Å². The standard InChI is InChI=1S/C15H9BrClNO/c16-13-7-9(17)5-6-11(13)15(19)12-8-18-14-4-2-1-3-10(12)14/h1-8,18H. The number of ketones is 1. The van der Waals surface area contributed by atoms with Crippen LogP contribution in [0.1, 0.15) is 15.9 Å². The smallest absolute Gasteiger partial charge is 0.196 e. The van der Waals surface area contributed by atoms with Crippen molar-refractivity contribution in [2.75, 3.05) is 0 Å². The Kier molecular flexibility index (Phi) is 3.17. The molecule has 0 unspecified atom stereocenters. The molecule has 0 aliphatic heterocycles. The number of rotatable bonds is 2. The van der Waals surface area contributed by atoms with Gasteiger partial charge in [-0.15, -0.1) is 0 Å². The molecule has 94 valence electrons. The Morgan fingerprint density at radius 2 is 1.89 bits per heavy atom. The van der Waals surface area contributed by atoms with Gasteiger partial charge in [-0.3, -0.25) is 4.79 Å². The highest BCUT2D eigenvalue weighted by Gasteiger charge is 2.16. The number of para-hydroxylation sites is 1. The van der Waals surface area contributed by atoms with Crippen molar-refractivity contribution < 1.29 is 4.79 Å². The Morgan fingerprint density at radius 1 is 1.11 bits per heavy atom. The molecule has 0 bridgehead atoms. The Morgan fingerprint density at radius 3 is 2.68 bits per heavy atom. The van der Waals surface area contributed by atoms with Gasteiger partial charge in [-0.05, 0) is 40.2 Å². The molecule has 2 nitrogen and oxygen atoms in total. The maximum atomic E-state index is 12.6. The molecule has 0 aliphatic carbocycles. The van der Waals surface area contributed by atoms with Gasteiger partial charge in [-0.2, -0.15) is 0 Å². The van der Waals surface area contributed by atoms with Crippen LogP contribution in [0.4, 0.5) is 0 Å². The molecule has 1 heterocycles. The highest BCUT2D eigenvalue weighted by molar-refractivity contribution is 9.10. The third-order valence-electron chi connectivity index (χ3n) is 3.01. The van der Waals surface area contributed by atoms with Crippen LogP contribution in [0.25, 0.3) is 10.9 Å². The Balaban J connectivity index is 2.13. The first kappa shape index (κ1) is 12.5. The fourth-order valence-electron chi connectivity index (χ4n) is 2.08. The molecule has 0 aliphatic rings. The van der Waals surface area contributed by atoms with E-state index in [1.54, 1.807) is 24.4 Å². The number of halogens is 2. The lowest BCUT2D eigenvalue weighted by atomic mass is 10.0. The van der Waals surface area contributed by atoms with E-state index in [2.05, 4.69) is 20.9 Å². The second-order valence-electron chi connectivity index (χ2n) is 4.20. The number of fused-ring (bicyclic) bond motifs is 1. The number of hydrogen-bond acceptors (Lipinski definition) is 1. The fraction of sp³-hybridized carbons (Fsp3) is 0. The predicted octanol–water partition coefficient (Wildman–Crippen LogP) is 4.81. The zero-order valence-corrected chi connectivity index (χ0v) is 12.1. The van der Waals surface area contributed by atoms with E-state index in [-0.39, 0.29) is 5.78 Å². The summed E-state index contributed by atoms with van der Waals surface area (Å²) in [4.78, 5) is 15.7. The maximum absolute atomic E-state index is 12.6. The van der Waals surface area contributed by atoms with E-state index in [0.29, 0.717) is 20.6 Å². The molecule has 0 saturated heterocycles. The first-order valence-electron chi connectivity index (χ1n) is 5.72. The second kappa shape index (κ2) is 4.83. The van der Waals surface area contributed by atoms with E-state index in [4.69, 9.17) is 11.6 Å². The lowest BCUT2D eigenvalue weighted by molar-refractivity contribution is 0.103. The molecule has 0 fully saturated rings. The molecule has 0 atom stereocenters. The van der Waals surface area contributed by atoms with Gasteiger partial charge in [-0.25, -0.2) is 0 Å². The molecule has 1 aromatic heterocycles. The summed E-state index contributed by atoms with van der Waals surface area (Å²) in [7, 11) is 0.